The van der Waals surface area contributed by atoms with Crippen LogP contribution in [0.1, 0.15) is 136 Å². The van der Waals surface area contributed by atoms with Gasteiger partial charge in [-0.3, -0.25) is 13.8 Å². The first-order valence-electron chi connectivity index (χ1n) is 20.6. The van der Waals surface area contributed by atoms with Gasteiger partial charge in [-0.2, -0.15) is 0 Å². The second-order valence-electron chi connectivity index (χ2n) is 14.1. The van der Waals surface area contributed by atoms with Crippen LogP contribution in [0.3, 0.4) is 0 Å². The highest BCUT2D eigenvalue weighted by Gasteiger charge is 2.51. The predicted octanol–water partition coefficient (Wildman–Crippen LogP) is 7.47. The summed E-state index contributed by atoms with van der Waals surface area (Å²) in [5, 5.41) is 50.0. The van der Waals surface area contributed by atoms with Crippen molar-refractivity contribution in [2.75, 3.05) is 19.8 Å². The van der Waals surface area contributed by atoms with Crippen LogP contribution in [0.25, 0.3) is 0 Å². The summed E-state index contributed by atoms with van der Waals surface area (Å²) in [5.41, 5.74) is 0. The molecule has 1 aliphatic rings. The number of ether oxygens (including phenoxy) is 2. The Labute approximate surface area is 330 Å². The minimum atomic E-state index is -5.02. The maximum atomic E-state index is 12.7. The zero-order chi connectivity index (χ0) is 40.6. The van der Waals surface area contributed by atoms with Gasteiger partial charge < -0.3 is 39.9 Å². The molecule has 6 atom stereocenters. The van der Waals surface area contributed by atoms with Gasteiger partial charge in [-0.25, -0.2) is 4.57 Å². The van der Waals surface area contributed by atoms with E-state index >= 15 is 0 Å². The van der Waals surface area contributed by atoms with Crippen molar-refractivity contribution in [1.29, 1.82) is 0 Å². The SMILES string of the molecule is CC/C=C\C/C=C\C/C=C\C/C=C\C/C=C\CCCCCC(=O)OC(COCCCCCCCCCCC)COP(=O)(O)OC1C(O)C(O)C(O)C(O)C1O. The lowest BCUT2D eigenvalue weighted by Crippen LogP contribution is -2.64. The van der Waals surface area contributed by atoms with E-state index in [1.165, 1.54) is 38.5 Å². The van der Waals surface area contributed by atoms with Crippen molar-refractivity contribution in [3.8, 4) is 0 Å². The number of hydrogen-bond acceptors (Lipinski definition) is 11. The van der Waals surface area contributed by atoms with E-state index < -0.39 is 63.1 Å². The highest BCUT2D eigenvalue weighted by atomic mass is 31.2. The van der Waals surface area contributed by atoms with Crippen LogP contribution in [0, 0.1) is 0 Å². The molecule has 6 unspecified atom stereocenters. The van der Waals surface area contributed by atoms with Crippen LogP contribution >= 0.6 is 7.82 Å². The molecule has 1 saturated carbocycles. The van der Waals surface area contributed by atoms with Gasteiger partial charge in [-0.15, -0.1) is 0 Å². The molecule has 0 aromatic carbocycles. The number of unbranched alkanes of at least 4 members (excludes halogenated alkanes) is 11. The number of phosphoric ester groups is 1. The smallest absolute Gasteiger partial charge is 0.457 e. The molecule has 0 spiro atoms. The fourth-order valence-corrected chi connectivity index (χ4v) is 6.82. The average molecular weight is 801 g/mol. The van der Waals surface area contributed by atoms with E-state index in [2.05, 4.69) is 74.6 Å². The zero-order valence-electron chi connectivity index (χ0n) is 33.5. The second-order valence-corrected chi connectivity index (χ2v) is 15.5. The van der Waals surface area contributed by atoms with E-state index in [4.69, 9.17) is 18.5 Å². The van der Waals surface area contributed by atoms with Gasteiger partial charge in [-0.05, 0) is 57.8 Å². The normalized spacial score (nSPS) is 23.9. The molecule has 0 radical (unpaired) electrons. The molecule has 6 N–H and O–H groups in total. The maximum Gasteiger partial charge on any atom is 0.472 e. The summed E-state index contributed by atoms with van der Waals surface area (Å²) in [6, 6.07) is 0. The highest BCUT2D eigenvalue weighted by Crippen LogP contribution is 2.47. The lowest BCUT2D eigenvalue weighted by Gasteiger charge is -2.41. The standard InChI is InChI=1S/C42H73O12P/c1-3-5-7-9-11-13-14-15-16-17-18-19-20-21-22-23-25-27-29-31-36(43)53-35(33-51-32-30-28-26-24-12-10-8-6-4-2)34-52-55(49,50)54-42-40(47)38(45)37(44)39(46)41(42)48/h5,7,11,13,15-16,18-19,21-22,35,37-42,44-48H,3-4,6,8-10,12,14,17,20,23-34H2,1-2H3,(H,49,50)/b7-5-,13-11-,16-15-,19-18-,22-21-. The Morgan fingerprint density at radius 3 is 1.62 bits per heavy atom. The molecule has 1 fully saturated rings. The van der Waals surface area contributed by atoms with Crippen molar-refractivity contribution in [3.05, 3.63) is 60.8 Å². The zero-order valence-corrected chi connectivity index (χ0v) is 34.3. The number of esters is 1. The Hall–Kier alpha value is -1.96. The molecule has 0 amide bonds. The van der Waals surface area contributed by atoms with Crippen molar-refractivity contribution in [1.82, 2.24) is 0 Å². The van der Waals surface area contributed by atoms with Crippen molar-refractivity contribution < 1.29 is 58.3 Å². The fourth-order valence-electron chi connectivity index (χ4n) is 5.85. The van der Waals surface area contributed by atoms with Crippen LogP contribution in [0.4, 0.5) is 0 Å². The quantitative estimate of drug-likeness (QED) is 0.0166. The number of carbonyl (C=O) groups is 1. The first-order valence-corrected chi connectivity index (χ1v) is 22.1. The predicted molar refractivity (Wildman–Crippen MR) is 216 cm³/mol. The molecule has 0 saturated heterocycles. The molecule has 12 nitrogen and oxygen atoms in total. The second kappa shape index (κ2) is 33.1. The fraction of sp³-hybridized carbons (Fsp3) is 0.738. The van der Waals surface area contributed by atoms with Gasteiger partial charge >= 0.3 is 13.8 Å². The van der Waals surface area contributed by atoms with Crippen molar-refractivity contribution in [3.63, 3.8) is 0 Å². The van der Waals surface area contributed by atoms with Crippen LogP contribution in [-0.2, 0) is 27.9 Å². The summed E-state index contributed by atoms with van der Waals surface area (Å²) < 4.78 is 33.9. The molecule has 318 valence electrons. The summed E-state index contributed by atoms with van der Waals surface area (Å²) in [5.74, 6) is -0.512. The van der Waals surface area contributed by atoms with Crippen molar-refractivity contribution in [2.24, 2.45) is 0 Å². The first kappa shape index (κ1) is 51.1. The average Bonchev–Trinajstić information content (AvgIpc) is 3.17. The minimum Gasteiger partial charge on any atom is -0.457 e. The van der Waals surface area contributed by atoms with Crippen molar-refractivity contribution >= 4 is 13.8 Å². The van der Waals surface area contributed by atoms with Gasteiger partial charge in [0.15, 0.2) is 0 Å². The van der Waals surface area contributed by atoms with Crippen LogP contribution in [0.15, 0.2) is 60.8 Å². The molecule has 13 heteroatoms. The minimum absolute atomic E-state index is 0.0921. The van der Waals surface area contributed by atoms with Gasteiger partial charge in [-0.1, -0.05) is 132 Å². The lowest BCUT2D eigenvalue weighted by molar-refractivity contribution is -0.220. The number of rotatable bonds is 33. The first-order chi connectivity index (χ1) is 26.5. The number of phosphoric acid groups is 1. The van der Waals surface area contributed by atoms with E-state index in [-0.39, 0.29) is 13.0 Å². The molecule has 55 heavy (non-hydrogen) atoms. The number of aliphatic hydroxyl groups is 5. The summed E-state index contributed by atoms with van der Waals surface area (Å²) in [6.45, 7) is 4.06. The monoisotopic (exact) mass is 800 g/mol. The van der Waals surface area contributed by atoms with E-state index in [1.54, 1.807) is 0 Å². The van der Waals surface area contributed by atoms with E-state index in [9.17, 15) is 39.8 Å². The third-order valence-electron chi connectivity index (χ3n) is 9.15. The Kier molecular flexibility index (Phi) is 30.7. The summed E-state index contributed by atoms with van der Waals surface area (Å²) in [7, 11) is -5.02. The largest absolute Gasteiger partial charge is 0.472 e. The maximum absolute atomic E-state index is 12.7. The highest BCUT2D eigenvalue weighted by molar-refractivity contribution is 7.47. The van der Waals surface area contributed by atoms with E-state index in [1.807, 2.05) is 0 Å². The molecular formula is C42H73O12P. The molecule has 0 heterocycles. The van der Waals surface area contributed by atoms with E-state index in [0.29, 0.717) is 13.0 Å². The van der Waals surface area contributed by atoms with Gasteiger partial charge in [0.1, 0.15) is 42.7 Å². The Balaban J connectivity index is 2.45. The van der Waals surface area contributed by atoms with Gasteiger partial charge in [0.2, 0.25) is 0 Å². The number of hydrogen-bond donors (Lipinski definition) is 6. The molecule has 1 rings (SSSR count). The van der Waals surface area contributed by atoms with Gasteiger partial charge in [0.05, 0.1) is 13.2 Å². The van der Waals surface area contributed by atoms with Crippen LogP contribution in [0.5, 0.6) is 0 Å². The lowest BCUT2D eigenvalue weighted by atomic mass is 9.85. The molecule has 1 aliphatic carbocycles. The number of carbonyl (C=O) groups excluding carboxylic acids is 1. The van der Waals surface area contributed by atoms with Crippen LogP contribution < -0.4 is 0 Å². The topological polar surface area (TPSA) is 192 Å². The molecule has 0 aromatic rings. The van der Waals surface area contributed by atoms with E-state index in [0.717, 1.165) is 70.6 Å². The Morgan fingerprint density at radius 2 is 1.07 bits per heavy atom. The molecule has 0 bridgehead atoms. The summed E-state index contributed by atoms with van der Waals surface area (Å²) in [4.78, 5) is 23.0. The van der Waals surface area contributed by atoms with Crippen molar-refractivity contribution in [2.45, 2.75) is 179 Å². The Morgan fingerprint density at radius 1 is 0.600 bits per heavy atom. The van der Waals surface area contributed by atoms with Gasteiger partial charge in [0, 0.05) is 13.0 Å². The third kappa shape index (κ3) is 25.8. The van der Waals surface area contributed by atoms with Crippen LogP contribution in [-0.4, -0.2) is 98.9 Å². The molecule has 0 aromatic heterocycles. The summed E-state index contributed by atoms with van der Waals surface area (Å²) >= 11 is 0. The number of aliphatic hydroxyl groups excluding tert-OH is 5. The Bertz CT molecular complexity index is 1140. The molecular weight excluding hydrogens is 727 g/mol. The number of allylic oxidation sites excluding steroid dienone is 10. The third-order valence-corrected chi connectivity index (χ3v) is 10.1. The van der Waals surface area contributed by atoms with Gasteiger partial charge in [0.25, 0.3) is 0 Å². The summed E-state index contributed by atoms with van der Waals surface area (Å²) in [6.07, 6.45) is 27.3. The van der Waals surface area contributed by atoms with Crippen LogP contribution in [0.2, 0.25) is 0 Å². The molecule has 0 aliphatic heterocycles.